The van der Waals surface area contributed by atoms with Crippen LogP contribution in [-0.2, 0) is 11.2 Å². The molecule has 19 heavy (non-hydrogen) atoms. The summed E-state index contributed by atoms with van der Waals surface area (Å²) in [7, 11) is 0. The van der Waals surface area contributed by atoms with Crippen molar-refractivity contribution in [3.63, 3.8) is 0 Å². The summed E-state index contributed by atoms with van der Waals surface area (Å²) >= 11 is 0. The van der Waals surface area contributed by atoms with Gasteiger partial charge in [0.2, 0.25) is 0 Å². The van der Waals surface area contributed by atoms with Crippen LogP contribution in [0.4, 0.5) is 0 Å². The molecule has 0 saturated carbocycles. The summed E-state index contributed by atoms with van der Waals surface area (Å²) in [5.41, 5.74) is 1.56. The van der Waals surface area contributed by atoms with E-state index >= 15 is 0 Å². The zero-order chi connectivity index (χ0) is 14.0. The van der Waals surface area contributed by atoms with Crippen molar-refractivity contribution < 1.29 is 14.6 Å². The fraction of sp³-hybridized carbons (Fsp3) is 0.533. The van der Waals surface area contributed by atoms with Gasteiger partial charge in [-0.2, -0.15) is 0 Å². The molecule has 1 aliphatic rings. The second kappa shape index (κ2) is 5.21. The number of fused-ring (bicyclic) bond motifs is 1. The average molecular weight is 263 g/mol. The van der Waals surface area contributed by atoms with Crippen LogP contribution < -0.4 is 10.1 Å². The van der Waals surface area contributed by atoms with E-state index in [-0.39, 0.29) is 5.60 Å². The molecule has 4 heteroatoms. The third kappa shape index (κ3) is 2.89. The highest BCUT2D eigenvalue weighted by Gasteiger charge is 2.34. The van der Waals surface area contributed by atoms with Crippen molar-refractivity contribution in [1.29, 1.82) is 0 Å². The van der Waals surface area contributed by atoms with Crippen LogP contribution in [0.5, 0.6) is 5.75 Å². The van der Waals surface area contributed by atoms with E-state index in [1.165, 1.54) is 0 Å². The molecule has 1 aromatic rings. The van der Waals surface area contributed by atoms with Crippen molar-refractivity contribution in [3.05, 3.63) is 29.3 Å². The Labute approximate surface area is 113 Å². The molecule has 0 amide bonds. The van der Waals surface area contributed by atoms with Gasteiger partial charge in [-0.3, -0.25) is 4.79 Å². The standard InChI is InChI=1S/C15H21NO3/c1-4-8-16-12(14(17)18)11-7-5-6-10-9-15(2,3)19-13(10)11/h5-7,12,16H,4,8-9H2,1-3H3,(H,17,18). The van der Waals surface area contributed by atoms with Gasteiger partial charge >= 0.3 is 5.97 Å². The van der Waals surface area contributed by atoms with Gasteiger partial charge in [0.15, 0.2) is 0 Å². The first kappa shape index (κ1) is 13.9. The van der Waals surface area contributed by atoms with Gasteiger partial charge in [-0.25, -0.2) is 0 Å². The Bertz CT molecular complexity index is 482. The molecule has 2 N–H and O–H groups in total. The zero-order valence-electron chi connectivity index (χ0n) is 11.7. The topological polar surface area (TPSA) is 58.6 Å². The first-order chi connectivity index (χ1) is 8.94. The van der Waals surface area contributed by atoms with E-state index in [1.54, 1.807) is 0 Å². The van der Waals surface area contributed by atoms with E-state index in [0.717, 1.165) is 29.7 Å². The Balaban J connectivity index is 2.35. The summed E-state index contributed by atoms with van der Waals surface area (Å²) in [5, 5.41) is 12.5. The lowest BCUT2D eigenvalue weighted by atomic mass is 9.98. The minimum absolute atomic E-state index is 0.258. The fourth-order valence-electron chi connectivity index (χ4n) is 2.49. The third-order valence-corrected chi connectivity index (χ3v) is 3.28. The molecule has 0 saturated heterocycles. The molecule has 1 unspecified atom stereocenters. The Morgan fingerprint density at radius 1 is 1.53 bits per heavy atom. The summed E-state index contributed by atoms with van der Waals surface area (Å²) in [6.07, 6.45) is 1.71. The number of hydrogen-bond donors (Lipinski definition) is 2. The molecule has 2 rings (SSSR count). The van der Waals surface area contributed by atoms with E-state index in [0.29, 0.717) is 6.54 Å². The summed E-state index contributed by atoms with van der Waals surface area (Å²) in [6.45, 7) is 6.73. The van der Waals surface area contributed by atoms with E-state index in [9.17, 15) is 9.90 Å². The van der Waals surface area contributed by atoms with Crippen molar-refractivity contribution >= 4 is 5.97 Å². The zero-order valence-corrected chi connectivity index (χ0v) is 11.7. The van der Waals surface area contributed by atoms with Gasteiger partial charge in [0.05, 0.1) is 0 Å². The van der Waals surface area contributed by atoms with E-state index in [4.69, 9.17) is 4.74 Å². The predicted molar refractivity (Wildman–Crippen MR) is 73.5 cm³/mol. The number of carboxylic acids is 1. The van der Waals surface area contributed by atoms with Crippen molar-refractivity contribution in [2.75, 3.05) is 6.54 Å². The molecule has 0 spiro atoms. The first-order valence-corrected chi connectivity index (χ1v) is 6.71. The molecule has 104 valence electrons. The average Bonchev–Trinajstić information content (AvgIpc) is 2.63. The highest BCUT2D eigenvalue weighted by atomic mass is 16.5. The lowest BCUT2D eigenvalue weighted by Gasteiger charge is -2.21. The third-order valence-electron chi connectivity index (χ3n) is 3.28. The van der Waals surface area contributed by atoms with Crippen molar-refractivity contribution in [1.82, 2.24) is 5.32 Å². The molecule has 0 aromatic heterocycles. The van der Waals surface area contributed by atoms with Crippen molar-refractivity contribution in [2.24, 2.45) is 0 Å². The number of para-hydroxylation sites is 1. The molecule has 1 atom stereocenters. The highest BCUT2D eigenvalue weighted by molar-refractivity contribution is 5.77. The van der Waals surface area contributed by atoms with E-state index in [2.05, 4.69) is 5.32 Å². The number of carboxylic acid groups (broad SMARTS) is 1. The second-order valence-corrected chi connectivity index (χ2v) is 5.60. The number of aliphatic carboxylic acids is 1. The van der Waals surface area contributed by atoms with Gasteiger partial charge < -0.3 is 15.2 Å². The van der Waals surface area contributed by atoms with Gasteiger partial charge in [0, 0.05) is 12.0 Å². The number of hydrogen-bond acceptors (Lipinski definition) is 3. The lowest BCUT2D eigenvalue weighted by Crippen LogP contribution is -2.30. The molecule has 0 fully saturated rings. The van der Waals surface area contributed by atoms with Crippen LogP contribution >= 0.6 is 0 Å². The predicted octanol–water partition coefficient (Wildman–Crippen LogP) is 2.53. The first-order valence-electron chi connectivity index (χ1n) is 6.71. The van der Waals surface area contributed by atoms with Crippen LogP contribution in [-0.4, -0.2) is 23.2 Å². The number of nitrogens with one attached hydrogen (secondary N) is 1. The van der Waals surface area contributed by atoms with Crippen LogP contribution in [0.25, 0.3) is 0 Å². The maximum absolute atomic E-state index is 11.4. The minimum atomic E-state index is -0.866. The Kier molecular flexibility index (Phi) is 3.80. The minimum Gasteiger partial charge on any atom is -0.487 e. The highest BCUT2D eigenvalue weighted by Crippen LogP contribution is 2.39. The lowest BCUT2D eigenvalue weighted by molar-refractivity contribution is -0.139. The van der Waals surface area contributed by atoms with Gasteiger partial charge in [-0.15, -0.1) is 0 Å². The second-order valence-electron chi connectivity index (χ2n) is 5.60. The largest absolute Gasteiger partial charge is 0.487 e. The Morgan fingerprint density at radius 2 is 2.26 bits per heavy atom. The smallest absolute Gasteiger partial charge is 0.325 e. The van der Waals surface area contributed by atoms with E-state index in [1.807, 2.05) is 39.0 Å². The molecule has 1 heterocycles. The molecule has 1 aromatic carbocycles. The van der Waals surface area contributed by atoms with Crippen molar-refractivity contribution in [3.8, 4) is 5.75 Å². The van der Waals surface area contributed by atoms with Crippen LogP contribution in [0.1, 0.15) is 44.4 Å². The maximum Gasteiger partial charge on any atom is 0.325 e. The van der Waals surface area contributed by atoms with Crippen LogP contribution in [0.3, 0.4) is 0 Å². The monoisotopic (exact) mass is 263 g/mol. The molecule has 0 aliphatic carbocycles. The number of carbonyl (C=O) groups is 1. The quantitative estimate of drug-likeness (QED) is 0.857. The molecule has 1 aliphatic heterocycles. The summed E-state index contributed by atoms with van der Waals surface area (Å²) < 4.78 is 5.93. The number of benzene rings is 1. The van der Waals surface area contributed by atoms with Gasteiger partial charge in [0.1, 0.15) is 17.4 Å². The fourth-order valence-corrected chi connectivity index (χ4v) is 2.49. The van der Waals surface area contributed by atoms with Crippen LogP contribution in [0.2, 0.25) is 0 Å². The summed E-state index contributed by atoms with van der Waals surface area (Å²) in [4.78, 5) is 11.4. The van der Waals surface area contributed by atoms with Crippen LogP contribution in [0, 0.1) is 0 Å². The Hall–Kier alpha value is -1.55. The number of rotatable bonds is 5. The van der Waals surface area contributed by atoms with Gasteiger partial charge in [0.25, 0.3) is 0 Å². The maximum atomic E-state index is 11.4. The van der Waals surface area contributed by atoms with Gasteiger partial charge in [-0.1, -0.05) is 25.1 Å². The molecular formula is C15H21NO3. The number of ether oxygens (including phenoxy) is 1. The molecule has 4 nitrogen and oxygen atoms in total. The van der Waals surface area contributed by atoms with E-state index < -0.39 is 12.0 Å². The van der Waals surface area contributed by atoms with Crippen LogP contribution in [0.15, 0.2) is 18.2 Å². The molecule has 0 bridgehead atoms. The Morgan fingerprint density at radius 3 is 2.89 bits per heavy atom. The van der Waals surface area contributed by atoms with Gasteiger partial charge in [-0.05, 0) is 32.4 Å². The van der Waals surface area contributed by atoms with Crippen molar-refractivity contribution in [2.45, 2.75) is 45.3 Å². The molecule has 0 radical (unpaired) electrons. The summed E-state index contributed by atoms with van der Waals surface area (Å²) in [6, 6.07) is 5.04. The SMILES string of the molecule is CCCNC(C(=O)O)c1cccc2c1OC(C)(C)C2. The molecular weight excluding hydrogens is 242 g/mol. The normalized spacial score (nSPS) is 17.6. The summed E-state index contributed by atoms with van der Waals surface area (Å²) in [5.74, 6) is -0.126.